The zero-order valence-electron chi connectivity index (χ0n) is 15.6. The van der Waals surface area contributed by atoms with E-state index >= 15 is 0 Å². The monoisotopic (exact) mass is 385 g/mol. The van der Waals surface area contributed by atoms with Gasteiger partial charge in [0.1, 0.15) is 17.9 Å². The molecule has 1 N–H and O–H groups in total. The second-order valence-corrected chi connectivity index (χ2v) is 6.52. The number of para-hydroxylation sites is 2. The highest BCUT2D eigenvalue weighted by molar-refractivity contribution is 6.09. The number of esters is 1. The lowest BCUT2D eigenvalue weighted by Crippen LogP contribution is -2.15. The highest BCUT2D eigenvalue weighted by Gasteiger charge is 2.18. The van der Waals surface area contributed by atoms with Gasteiger partial charge < -0.3 is 14.5 Å². The molecule has 0 saturated carbocycles. The van der Waals surface area contributed by atoms with Crippen LogP contribution < -0.4 is 4.74 Å². The lowest BCUT2D eigenvalue weighted by atomic mass is 10.1. The molecule has 0 aliphatic heterocycles. The normalized spacial score (nSPS) is 10.6. The third-order valence-electron chi connectivity index (χ3n) is 4.57. The Kier molecular flexibility index (Phi) is 5.38. The van der Waals surface area contributed by atoms with Crippen molar-refractivity contribution >= 4 is 22.7 Å². The molecule has 5 heteroatoms. The first-order valence-electron chi connectivity index (χ1n) is 9.24. The molecule has 0 atom stereocenters. The minimum Gasteiger partial charge on any atom is -0.488 e. The van der Waals surface area contributed by atoms with E-state index in [-0.39, 0.29) is 18.0 Å². The van der Waals surface area contributed by atoms with Crippen LogP contribution in [0.2, 0.25) is 0 Å². The van der Waals surface area contributed by atoms with Gasteiger partial charge in [0, 0.05) is 22.7 Å². The van der Waals surface area contributed by atoms with E-state index in [9.17, 15) is 9.59 Å². The van der Waals surface area contributed by atoms with Crippen molar-refractivity contribution in [2.45, 2.75) is 6.61 Å². The van der Waals surface area contributed by atoms with Crippen LogP contribution in [0.3, 0.4) is 0 Å². The van der Waals surface area contributed by atoms with Crippen molar-refractivity contribution < 1.29 is 19.1 Å². The molecule has 1 heterocycles. The zero-order valence-corrected chi connectivity index (χ0v) is 15.6. The molecule has 0 fully saturated rings. The number of ketones is 1. The average Bonchev–Trinajstić information content (AvgIpc) is 3.21. The number of Topliss-reactive ketones (excluding diaryl/α,β-unsaturated/α-hetero) is 1. The Labute approximate surface area is 167 Å². The molecule has 0 amide bonds. The van der Waals surface area contributed by atoms with Gasteiger partial charge in [-0.1, -0.05) is 60.7 Å². The van der Waals surface area contributed by atoms with Gasteiger partial charge in [-0.3, -0.25) is 4.79 Å². The number of hydrogen-bond acceptors (Lipinski definition) is 4. The molecule has 144 valence electrons. The van der Waals surface area contributed by atoms with Crippen molar-refractivity contribution in [2.75, 3.05) is 6.61 Å². The van der Waals surface area contributed by atoms with Gasteiger partial charge in [-0.2, -0.15) is 0 Å². The van der Waals surface area contributed by atoms with E-state index in [4.69, 9.17) is 9.47 Å². The van der Waals surface area contributed by atoms with Gasteiger partial charge in [0.2, 0.25) is 5.78 Å². The molecule has 0 aliphatic rings. The van der Waals surface area contributed by atoms with E-state index in [1.165, 1.54) is 0 Å². The van der Waals surface area contributed by atoms with Crippen LogP contribution in [0.5, 0.6) is 5.75 Å². The zero-order chi connectivity index (χ0) is 20.1. The largest absolute Gasteiger partial charge is 0.488 e. The lowest BCUT2D eigenvalue weighted by Gasteiger charge is -2.11. The molecule has 29 heavy (non-hydrogen) atoms. The summed E-state index contributed by atoms with van der Waals surface area (Å²) in [5, 5.41) is 0.806. The maximum atomic E-state index is 12.6. The molecule has 1 aromatic heterocycles. The summed E-state index contributed by atoms with van der Waals surface area (Å²) >= 11 is 0. The summed E-state index contributed by atoms with van der Waals surface area (Å²) in [7, 11) is 0. The summed E-state index contributed by atoms with van der Waals surface area (Å²) in [6.07, 6.45) is 1.64. The fourth-order valence-corrected chi connectivity index (χ4v) is 3.09. The number of benzene rings is 3. The number of nitrogens with one attached hydrogen (secondary N) is 1. The average molecular weight is 385 g/mol. The predicted octanol–water partition coefficient (Wildman–Crippen LogP) is 4.79. The van der Waals surface area contributed by atoms with Gasteiger partial charge in [0.05, 0.1) is 0 Å². The van der Waals surface area contributed by atoms with Gasteiger partial charge in [-0.05, 0) is 23.8 Å². The Morgan fingerprint density at radius 2 is 1.52 bits per heavy atom. The quantitative estimate of drug-likeness (QED) is 0.367. The summed E-state index contributed by atoms with van der Waals surface area (Å²) in [5.41, 5.74) is 2.64. The summed E-state index contributed by atoms with van der Waals surface area (Å²) in [6.45, 7) is -0.00684. The molecular formula is C24H19NO4. The fourth-order valence-electron chi connectivity index (χ4n) is 3.09. The van der Waals surface area contributed by atoms with Crippen LogP contribution in [0, 0.1) is 0 Å². The molecule has 4 rings (SSSR count). The van der Waals surface area contributed by atoms with Crippen molar-refractivity contribution in [2.24, 2.45) is 0 Å². The summed E-state index contributed by atoms with van der Waals surface area (Å²) in [4.78, 5) is 28.1. The SMILES string of the molecule is O=C(OCC(=O)c1c[nH]c2ccccc12)c1ccccc1OCc1ccccc1. The number of aromatic nitrogens is 1. The van der Waals surface area contributed by atoms with Crippen LogP contribution in [-0.4, -0.2) is 23.3 Å². The van der Waals surface area contributed by atoms with Crippen LogP contribution in [0.1, 0.15) is 26.3 Å². The highest BCUT2D eigenvalue weighted by atomic mass is 16.5. The van der Waals surface area contributed by atoms with E-state index < -0.39 is 5.97 Å². The molecular weight excluding hydrogens is 366 g/mol. The molecule has 0 saturated heterocycles. The van der Waals surface area contributed by atoms with E-state index in [0.29, 0.717) is 17.9 Å². The van der Waals surface area contributed by atoms with Crippen molar-refractivity contribution in [1.82, 2.24) is 4.98 Å². The molecule has 0 unspecified atom stereocenters. The van der Waals surface area contributed by atoms with E-state index in [2.05, 4.69) is 4.98 Å². The number of aromatic amines is 1. The number of carbonyl (C=O) groups excluding carboxylic acids is 2. The molecule has 0 bridgehead atoms. The number of carbonyl (C=O) groups is 2. The van der Waals surface area contributed by atoms with E-state index in [1.54, 1.807) is 30.5 Å². The molecule has 5 nitrogen and oxygen atoms in total. The van der Waals surface area contributed by atoms with E-state index in [1.807, 2.05) is 54.6 Å². The van der Waals surface area contributed by atoms with Crippen molar-refractivity contribution in [3.05, 3.63) is 102 Å². The van der Waals surface area contributed by atoms with Crippen LogP contribution >= 0.6 is 0 Å². The number of rotatable bonds is 7. The molecule has 4 aromatic rings. The fraction of sp³-hybridized carbons (Fsp3) is 0.0833. The number of H-pyrrole nitrogens is 1. The number of ether oxygens (including phenoxy) is 2. The molecule has 0 radical (unpaired) electrons. The molecule has 0 spiro atoms. The first-order valence-corrected chi connectivity index (χ1v) is 9.24. The lowest BCUT2D eigenvalue weighted by molar-refractivity contribution is 0.0470. The van der Waals surface area contributed by atoms with Gasteiger partial charge in [-0.15, -0.1) is 0 Å². The third-order valence-corrected chi connectivity index (χ3v) is 4.57. The minimum absolute atomic E-state index is 0.265. The van der Waals surface area contributed by atoms with Gasteiger partial charge in [0.15, 0.2) is 6.61 Å². The Balaban J connectivity index is 1.43. The van der Waals surface area contributed by atoms with Gasteiger partial charge in [0.25, 0.3) is 0 Å². The number of hydrogen-bond donors (Lipinski definition) is 1. The maximum Gasteiger partial charge on any atom is 0.342 e. The van der Waals surface area contributed by atoms with Crippen LogP contribution in [-0.2, 0) is 11.3 Å². The molecule has 0 aliphatic carbocycles. The Bertz CT molecular complexity index is 1150. The van der Waals surface area contributed by atoms with Crippen LogP contribution in [0.4, 0.5) is 0 Å². The topological polar surface area (TPSA) is 68.4 Å². The van der Waals surface area contributed by atoms with Gasteiger partial charge >= 0.3 is 5.97 Å². The summed E-state index contributed by atoms with van der Waals surface area (Å²) in [5.74, 6) is -0.443. The Hall–Kier alpha value is -3.86. The van der Waals surface area contributed by atoms with Crippen LogP contribution in [0.25, 0.3) is 10.9 Å². The standard InChI is InChI=1S/C24H19NO4/c26-22(20-14-25-21-12-6-4-10-18(20)21)16-29-24(27)19-11-5-7-13-23(19)28-15-17-8-2-1-3-9-17/h1-14,25H,15-16H2. The maximum absolute atomic E-state index is 12.6. The number of fused-ring (bicyclic) bond motifs is 1. The minimum atomic E-state index is -0.596. The van der Waals surface area contributed by atoms with Crippen molar-refractivity contribution in [3.63, 3.8) is 0 Å². The second-order valence-electron chi connectivity index (χ2n) is 6.52. The third kappa shape index (κ3) is 4.19. The smallest absolute Gasteiger partial charge is 0.342 e. The summed E-state index contributed by atoms with van der Waals surface area (Å²) < 4.78 is 11.1. The van der Waals surface area contributed by atoms with Crippen molar-refractivity contribution in [3.8, 4) is 5.75 Å². The predicted molar refractivity (Wildman–Crippen MR) is 110 cm³/mol. The summed E-state index contributed by atoms with van der Waals surface area (Å²) in [6, 6.07) is 24.0. The second kappa shape index (κ2) is 8.44. The van der Waals surface area contributed by atoms with Crippen LogP contribution in [0.15, 0.2) is 85.1 Å². The molecule has 3 aromatic carbocycles. The Morgan fingerprint density at radius 3 is 2.38 bits per heavy atom. The van der Waals surface area contributed by atoms with Gasteiger partial charge in [-0.25, -0.2) is 4.79 Å². The first kappa shape index (κ1) is 18.5. The first-order chi connectivity index (χ1) is 14.2. The van der Waals surface area contributed by atoms with Crippen molar-refractivity contribution in [1.29, 1.82) is 0 Å². The Morgan fingerprint density at radius 1 is 0.793 bits per heavy atom. The highest BCUT2D eigenvalue weighted by Crippen LogP contribution is 2.21. The van der Waals surface area contributed by atoms with E-state index in [0.717, 1.165) is 16.5 Å².